The summed E-state index contributed by atoms with van der Waals surface area (Å²) in [7, 11) is 0. The SMILES string of the molecule is CCc1ccccc1OC(=O)C(=O)c1ccccc1. The molecule has 96 valence electrons. The molecule has 0 aliphatic carbocycles. The zero-order valence-corrected chi connectivity index (χ0v) is 10.6. The van der Waals surface area contributed by atoms with Crippen molar-refractivity contribution >= 4 is 11.8 Å². The molecule has 0 bridgehead atoms. The van der Waals surface area contributed by atoms with Crippen LogP contribution in [-0.4, -0.2) is 11.8 Å². The predicted molar refractivity (Wildman–Crippen MR) is 72.2 cm³/mol. The molecule has 0 fully saturated rings. The van der Waals surface area contributed by atoms with Gasteiger partial charge in [-0.2, -0.15) is 0 Å². The van der Waals surface area contributed by atoms with Crippen molar-refractivity contribution in [1.29, 1.82) is 0 Å². The van der Waals surface area contributed by atoms with Crippen molar-refractivity contribution in [3.8, 4) is 5.75 Å². The van der Waals surface area contributed by atoms with Crippen LogP contribution >= 0.6 is 0 Å². The highest BCUT2D eigenvalue weighted by Crippen LogP contribution is 2.19. The molecule has 0 heterocycles. The fraction of sp³-hybridized carbons (Fsp3) is 0.125. The van der Waals surface area contributed by atoms with Gasteiger partial charge in [0.15, 0.2) is 0 Å². The first-order chi connectivity index (χ1) is 9.22. The fourth-order valence-corrected chi connectivity index (χ4v) is 1.75. The number of ether oxygens (including phenoxy) is 1. The molecule has 0 atom stereocenters. The molecule has 0 spiro atoms. The molecule has 3 heteroatoms. The molecule has 0 aliphatic rings. The van der Waals surface area contributed by atoms with Crippen LogP contribution in [0.4, 0.5) is 0 Å². The van der Waals surface area contributed by atoms with E-state index in [9.17, 15) is 9.59 Å². The highest BCUT2D eigenvalue weighted by Gasteiger charge is 2.19. The van der Waals surface area contributed by atoms with E-state index in [1.54, 1.807) is 42.5 Å². The Kier molecular flexibility index (Phi) is 4.08. The van der Waals surface area contributed by atoms with E-state index in [1.807, 2.05) is 19.1 Å². The van der Waals surface area contributed by atoms with Crippen molar-refractivity contribution in [3.63, 3.8) is 0 Å². The molecule has 2 rings (SSSR count). The van der Waals surface area contributed by atoms with Gasteiger partial charge < -0.3 is 4.74 Å². The third kappa shape index (κ3) is 3.07. The van der Waals surface area contributed by atoms with Crippen LogP contribution in [0.25, 0.3) is 0 Å². The standard InChI is InChI=1S/C16H14O3/c1-2-12-8-6-7-11-14(12)19-16(18)15(17)13-9-4-3-5-10-13/h3-11H,2H2,1H3. The molecule has 0 N–H and O–H groups in total. The summed E-state index contributed by atoms with van der Waals surface area (Å²) in [6, 6.07) is 15.6. The van der Waals surface area contributed by atoms with Crippen LogP contribution < -0.4 is 4.74 Å². The third-order valence-electron chi connectivity index (χ3n) is 2.78. The molecule has 0 radical (unpaired) electrons. The van der Waals surface area contributed by atoms with Crippen LogP contribution in [0.2, 0.25) is 0 Å². The number of carbonyl (C=O) groups is 2. The predicted octanol–water partition coefficient (Wildman–Crippen LogP) is 3.04. The van der Waals surface area contributed by atoms with E-state index >= 15 is 0 Å². The minimum Gasteiger partial charge on any atom is -0.420 e. The van der Waals surface area contributed by atoms with Crippen molar-refractivity contribution in [2.45, 2.75) is 13.3 Å². The van der Waals surface area contributed by atoms with Crippen LogP contribution in [0.1, 0.15) is 22.8 Å². The van der Waals surface area contributed by atoms with Gasteiger partial charge in [-0.1, -0.05) is 55.5 Å². The topological polar surface area (TPSA) is 43.4 Å². The number of esters is 1. The van der Waals surface area contributed by atoms with Crippen LogP contribution in [0.3, 0.4) is 0 Å². The molecule has 3 nitrogen and oxygen atoms in total. The lowest BCUT2D eigenvalue weighted by Crippen LogP contribution is -2.20. The van der Waals surface area contributed by atoms with Gasteiger partial charge in [-0.15, -0.1) is 0 Å². The lowest BCUT2D eigenvalue weighted by atomic mass is 10.1. The monoisotopic (exact) mass is 254 g/mol. The van der Waals surface area contributed by atoms with Gasteiger partial charge in [-0.3, -0.25) is 4.79 Å². The van der Waals surface area contributed by atoms with Crippen LogP contribution in [0.15, 0.2) is 54.6 Å². The number of hydrogen-bond acceptors (Lipinski definition) is 3. The molecule has 0 aromatic heterocycles. The molecular weight excluding hydrogens is 240 g/mol. The molecule has 0 aliphatic heterocycles. The minimum absolute atomic E-state index is 0.335. The second-order valence-corrected chi connectivity index (χ2v) is 4.05. The van der Waals surface area contributed by atoms with Crippen molar-refractivity contribution in [2.75, 3.05) is 0 Å². The van der Waals surface area contributed by atoms with Crippen molar-refractivity contribution < 1.29 is 14.3 Å². The number of hydrogen-bond donors (Lipinski definition) is 0. The molecule has 0 saturated carbocycles. The van der Waals surface area contributed by atoms with Gasteiger partial charge in [0.2, 0.25) is 0 Å². The second kappa shape index (κ2) is 5.96. The Balaban J connectivity index is 2.16. The average molecular weight is 254 g/mol. The van der Waals surface area contributed by atoms with Crippen LogP contribution in [0, 0.1) is 0 Å². The summed E-state index contributed by atoms with van der Waals surface area (Å²) in [5, 5.41) is 0. The van der Waals surface area contributed by atoms with E-state index in [-0.39, 0.29) is 0 Å². The molecular formula is C16H14O3. The van der Waals surface area contributed by atoms with Gasteiger partial charge in [0.05, 0.1) is 0 Å². The summed E-state index contributed by atoms with van der Waals surface area (Å²) < 4.78 is 5.16. The maximum absolute atomic E-state index is 11.9. The molecule has 2 aromatic carbocycles. The average Bonchev–Trinajstić information content (AvgIpc) is 2.48. The minimum atomic E-state index is -0.855. The zero-order valence-electron chi connectivity index (χ0n) is 10.6. The highest BCUT2D eigenvalue weighted by atomic mass is 16.5. The molecule has 2 aromatic rings. The first-order valence-corrected chi connectivity index (χ1v) is 6.12. The number of carbonyl (C=O) groups excluding carboxylic acids is 2. The Morgan fingerprint density at radius 2 is 1.58 bits per heavy atom. The fourth-order valence-electron chi connectivity index (χ4n) is 1.75. The normalized spacial score (nSPS) is 9.95. The number of Topliss-reactive ketones (excluding diaryl/α,β-unsaturated/α-hetero) is 1. The largest absolute Gasteiger partial charge is 0.420 e. The first kappa shape index (κ1) is 13.0. The smallest absolute Gasteiger partial charge is 0.385 e. The van der Waals surface area contributed by atoms with Gasteiger partial charge in [0.1, 0.15) is 5.75 Å². The Bertz CT molecular complexity index is 588. The quantitative estimate of drug-likeness (QED) is 0.364. The Morgan fingerprint density at radius 3 is 2.26 bits per heavy atom. The van der Waals surface area contributed by atoms with Crippen LogP contribution in [-0.2, 0) is 11.2 Å². The third-order valence-corrected chi connectivity index (χ3v) is 2.78. The van der Waals surface area contributed by atoms with E-state index in [2.05, 4.69) is 0 Å². The summed E-state index contributed by atoms with van der Waals surface area (Å²) in [6.07, 6.45) is 0.739. The number of rotatable bonds is 4. The van der Waals surface area contributed by atoms with E-state index < -0.39 is 11.8 Å². The summed E-state index contributed by atoms with van der Waals surface area (Å²) in [5.74, 6) is -1.04. The van der Waals surface area contributed by atoms with Gasteiger partial charge >= 0.3 is 5.97 Å². The van der Waals surface area contributed by atoms with E-state index in [1.165, 1.54) is 0 Å². The van der Waals surface area contributed by atoms with Gasteiger partial charge in [0, 0.05) is 5.56 Å². The second-order valence-electron chi connectivity index (χ2n) is 4.05. The van der Waals surface area contributed by atoms with Crippen molar-refractivity contribution in [2.24, 2.45) is 0 Å². The maximum atomic E-state index is 11.9. The van der Waals surface area contributed by atoms with Gasteiger partial charge in [-0.05, 0) is 18.1 Å². The van der Waals surface area contributed by atoms with E-state index in [0.29, 0.717) is 11.3 Å². The van der Waals surface area contributed by atoms with Crippen LogP contribution in [0.5, 0.6) is 5.75 Å². The molecule has 0 amide bonds. The summed E-state index contributed by atoms with van der Waals surface area (Å²) in [6.45, 7) is 1.96. The number of para-hydroxylation sites is 1. The van der Waals surface area contributed by atoms with E-state index in [0.717, 1.165) is 12.0 Å². The maximum Gasteiger partial charge on any atom is 0.385 e. The van der Waals surface area contributed by atoms with Gasteiger partial charge in [0.25, 0.3) is 5.78 Å². The molecule has 19 heavy (non-hydrogen) atoms. The lowest BCUT2D eigenvalue weighted by molar-refractivity contribution is -0.129. The van der Waals surface area contributed by atoms with Crippen molar-refractivity contribution in [3.05, 3.63) is 65.7 Å². The lowest BCUT2D eigenvalue weighted by Gasteiger charge is -2.07. The highest BCUT2D eigenvalue weighted by molar-refractivity contribution is 6.41. The summed E-state index contributed by atoms with van der Waals surface area (Å²) in [5.41, 5.74) is 1.23. The molecule has 0 saturated heterocycles. The number of aryl methyl sites for hydroxylation is 1. The molecule has 0 unspecified atom stereocenters. The Labute approximate surface area is 111 Å². The Morgan fingerprint density at radius 1 is 0.947 bits per heavy atom. The van der Waals surface area contributed by atoms with E-state index in [4.69, 9.17) is 4.74 Å². The summed E-state index contributed by atoms with van der Waals surface area (Å²) in [4.78, 5) is 23.7. The first-order valence-electron chi connectivity index (χ1n) is 6.12. The number of ketones is 1. The number of benzene rings is 2. The summed E-state index contributed by atoms with van der Waals surface area (Å²) >= 11 is 0. The zero-order chi connectivity index (χ0) is 13.7. The Hall–Kier alpha value is -2.42. The van der Waals surface area contributed by atoms with Crippen molar-refractivity contribution in [1.82, 2.24) is 0 Å². The van der Waals surface area contributed by atoms with Gasteiger partial charge in [-0.25, -0.2) is 4.79 Å².